The number of aryl methyl sites for hydroxylation is 2. The van der Waals surface area contributed by atoms with Crippen LogP contribution < -0.4 is 5.32 Å². The molecule has 2 rings (SSSR count). The maximum absolute atomic E-state index is 12.4. The summed E-state index contributed by atoms with van der Waals surface area (Å²) in [6.45, 7) is 5.79. The van der Waals surface area contributed by atoms with E-state index in [4.69, 9.17) is 0 Å². The maximum Gasteiger partial charge on any atom is 0.252 e. The smallest absolute Gasteiger partial charge is 0.252 e. The molecule has 1 saturated carbocycles. The van der Waals surface area contributed by atoms with E-state index in [1.807, 2.05) is 32.9 Å². The summed E-state index contributed by atoms with van der Waals surface area (Å²) in [6, 6.07) is 3.84. The summed E-state index contributed by atoms with van der Waals surface area (Å²) in [4.78, 5) is 12.4. The van der Waals surface area contributed by atoms with E-state index in [2.05, 4.69) is 21.2 Å². The van der Waals surface area contributed by atoms with Crippen LogP contribution in [0, 0.1) is 19.8 Å². The van der Waals surface area contributed by atoms with Crippen LogP contribution in [0.15, 0.2) is 16.6 Å². The molecular formula is C15H20BrNO2. The third-order valence-corrected chi connectivity index (χ3v) is 4.81. The van der Waals surface area contributed by atoms with Gasteiger partial charge >= 0.3 is 0 Å². The number of aliphatic hydroxyl groups is 1. The number of rotatable bonds is 4. The minimum atomic E-state index is -0.496. The molecule has 1 fully saturated rings. The van der Waals surface area contributed by atoms with Crippen LogP contribution in [0.2, 0.25) is 0 Å². The fraction of sp³-hybridized carbons (Fsp3) is 0.533. The lowest BCUT2D eigenvalue weighted by Gasteiger charge is -2.29. The van der Waals surface area contributed by atoms with Gasteiger partial charge in [-0.2, -0.15) is 0 Å². The quantitative estimate of drug-likeness (QED) is 0.894. The second kappa shape index (κ2) is 5.25. The third kappa shape index (κ3) is 3.00. The van der Waals surface area contributed by atoms with Crippen LogP contribution in [0.1, 0.15) is 41.3 Å². The Morgan fingerprint density at radius 1 is 1.42 bits per heavy atom. The maximum atomic E-state index is 12.4. The van der Waals surface area contributed by atoms with Gasteiger partial charge in [0.15, 0.2) is 0 Å². The van der Waals surface area contributed by atoms with E-state index in [-0.39, 0.29) is 12.5 Å². The van der Waals surface area contributed by atoms with Gasteiger partial charge in [-0.05, 0) is 62.8 Å². The number of amides is 1. The molecule has 0 aliphatic heterocycles. The Morgan fingerprint density at radius 2 is 2.05 bits per heavy atom. The van der Waals surface area contributed by atoms with E-state index in [1.165, 1.54) is 0 Å². The van der Waals surface area contributed by atoms with Crippen molar-refractivity contribution >= 4 is 21.8 Å². The number of halogens is 1. The average molecular weight is 326 g/mol. The molecule has 0 saturated heterocycles. The second-order valence-corrected chi connectivity index (χ2v) is 6.57. The Bertz CT molecular complexity index is 511. The topological polar surface area (TPSA) is 49.3 Å². The molecule has 19 heavy (non-hydrogen) atoms. The molecule has 0 radical (unpaired) electrons. The predicted molar refractivity (Wildman–Crippen MR) is 79.3 cm³/mol. The molecule has 1 aromatic rings. The van der Waals surface area contributed by atoms with Crippen molar-refractivity contribution in [2.45, 2.75) is 39.2 Å². The molecule has 2 N–H and O–H groups in total. The van der Waals surface area contributed by atoms with Crippen molar-refractivity contribution < 1.29 is 9.90 Å². The molecule has 0 heterocycles. The highest BCUT2D eigenvalue weighted by Crippen LogP contribution is 2.39. The van der Waals surface area contributed by atoms with Gasteiger partial charge in [0.25, 0.3) is 5.91 Å². The van der Waals surface area contributed by atoms with Crippen molar-refractivity contribution in [3.05, 3.63) is 33.3 Å². The van der Waals surface area contributed by atoms with Crippen molar-refractivity contribution in [3.8, 4) is 0 Å². The SMILES string of the molecule is Cc1cc(C(=O)NC(C)(CO)C2CC2)c(C)cc1Br. The zero-order valence-electron chi connectivity index (χ0n) is 11.6. The summed E-state index contributed by atoms with van der Waals surface area (Å²) in [5.74, 6) is 0.301. The molecule has 3 nitrogen and oxygen atoms in total. The number of nitrogens with one attached hydrogen (secondary N) is 1. The molecule has 0 spiro atoms. The van der Waals surface area contributed by atoms with E-state index in [0.717, 1.165) is 28.4 Å². The van der Waals surface area contributed by atoms with E-state index in [9.17, 15) is 9.90 Å². The molecule has 1 aliphatic carbocycles. The number of carbonyl (C=O) groups is 1. The fourth-order valence-electron chi connectivity index (χ4n) is 2.34. The fourth-order valence-corrected chi connectivity index (χ4v) is 2.80. The zero-order valence-corrected chi connectivity index (χ0v) is 13.2. The standard InChI is InChI=1S/C15H20BrNO2/c1-9-7-13(16)10(2)6-12(9)14(19)17-15(3,8-18)11-4-5-11/h6-7,11,18H,4-5,8H2,1-3H3,(H,17,19). The molecule has 1 unspecified atom stereocenters. The van der Waals surface area contributed by atoms with Gasteiger partial charge in [-0.25, -0.2) is 0 Å². The highest BCUT2D eigenvalue weighted by Gasteiger charge is 2.42. The van der Waals surface area contributed by atoms with Crippen molar-refractivity contribution in [1.29, 1.82) is 0 Å². The van der Waals surface area contributed by atoms with Gasteiger partial charge < -0.3 is 10.4 Å². The molecule has 104 valence electrons. The van der Waals surface area contributed by atoms with Crippen LogP contribution in [-0.4, -0.2) is 23.2 Å². The van der Waals surface area contributed by atoms with Gasteiger partial charge in [0, 0.05) is 10.0 Å². The summed E-state index contributed by atoms with van der Waals surface area (Å²) in [5.41, 5.74) is 2.16. The highest BCUT2D eigenvalue weighted by atomic mass is 79.9. The van der Waals surface area contributed by atoms with Gasteiger partial charge in [-0.1, -0.05) is 15.9 Å². The van der Waals surface area contributed by atoms with Gasteiger partial charge in [0.1, 0.15) is 0 Å². The number of benzene rings is 1. The lowest BCUT2D eigenvalue weighted by atomic mass is 9.95. The monoisotopic (exact) mass is 325 g/mol. The molecular weight excluding hydrogens is 306 g/mol. The first-order chi connectivity index (χ1) is 8.87. The van der Waals surface area contributed by atoms with Crippen LogP contribution in [0.4, 0.5) is 0 Å². The first-order valence-electron chi connectivity index (χ1n) is 6.57. The Morgan fingerprint density at radius 3 is 2.58 bits per heavy atom. The van der Waals surface area contributed by atoms with Crippen molar-refractivity contribution in [3.63, 3.8) is 0 Å². The lowest BCUT2D eigenvalue weighted by Crippen LogP contribution is -2.50. The summed E-state index contributed by atoms with van der Waals surface area (Å²) in [7, 11) is 0. The minimum absolute atomic E-state index is 0.0159. The van der Waals surface area contributed by atoms with Gasteiger partial charge in [0.2, 0.25) is 0 Å². The van der Waals surface area contributed by atoms with Crippen molar-refractivity contribution in [1.82, 2.24) is 5.32 Å². The molecule has 0 aromatic heterocycles. The Labute approximate surface area is 122 Å². The average Bonchev–Trinajstić information content (AvgIpc) is 3.17. The summed E-state index contributed by atoms with van der Waals surface area (Å²) >= 11 is 3.47. The number of hydrogen-bond acceptors (Lipinski definition) is 2. The van der Waals surface area contributed by atoms with Crippen LogP contribution >= 0.6 is 15.9 Å². The predicted octanol–water partition coefficient (Wildman–Crippen LogP) is 2.96. The first kappa shape index (κ1) is 14.5. The van der Waals surface area contributed by atoms with Gasteiger partial charge in [0.05, 0.1) is 12.1 Å². The third-order valence-electron chi connectivity index (χ3n) is 3.96. The molecule has 1 aromatic carbocycles. The molecule has 1 aliphatic rings. The number of aliphatic hydroxyl groups excluding tert-OH is 1. The molecule has 1 atom stereocenters. The number of carbonyl (C=O) groups excluding carboxylic acids is 1. The van der Waals surface area contributed by atoms with E-state index >= 15 is 0 Å². The van der Waals surface area contributed by atoms with E-state index in [0.29, 0.717) is 11.5 Å². The van der Waals surface area contributed by atoms with Gasteiger partial charge in [-0.3, -0.25) is 4.79 Å². The van der Waals surface area contributed by atoms with Gasteiger partial charge in [-0.15, -0.1) is 0 Å². The number of hydrogen-bond donors (Lipinski definition) is 2. The summed E-state index contributed by atoms with van der Waals surface area (Å²) in [5, 5.41) is 12.5. The summed E-state index contributed by atoms with van der Waals surface area (Å²) < 4.78 is 1.01. The van der Waals surface area contributed by atoms with Crippen molar-refractivity contribution in [2.75, 3.05) is 6.61 Å². The van der Waals surface area contributed by atoms with Crippen molar-refractivity contribution in [2.24, 2.45) is 5.92 Å². The Hall–Kier alpha value is -0.870. The minimum Gasteiger partial charge on any atom is -0.394 e. The van der Waals surface area contributed by atoms with E-state index < -0.39 is 5.54 Å². The molecule has 1 amide bonds. The molecule has 0 bridgehead atoms. The first-order valence-corrected chi connectivity index (χ1v) is 7.37. The Balaban J connectivity index is 2.22. The zero-order chi connectivity index (χ0) is 14.2. The van der Waals surface area contributed by atoms with E-state index in [1.54, 1.807) is 0 Å². The van der Waals surface area contributed by atoms with Crippen LogP contribution in [0.25, 0.3) is 0 Å². The Kier molecular flexibility index (Phi) is 4.02. The normalized spacial score (nSPS) is 17.9. The largest absolute Gasteiger partial charge is 0.394 e. The highest BCUT2D eigenvalue weighted by molar-refractivity contribution is 9.10. The second-order valence-electron chi connectivity index (χ2n) is 5.72. The lowest BCUT2D eigenvalue weighted by molar-refractivity contribution is 0.0824. The van der Waals surface area contributed by atoms with Crippen LogP contribution in [0.3, 0.4) is 0 Å². The summed E-state index contributed by atoms with van der Waals surface area (Å²) in [6.07, 6.45) is 2.16. The van der Waals surface area contributed by atoms with Crippen LogP contribution in [-0.2, 0) is 0 Å². The molecule has 4 heteroatoms. The van der Waals surface area contributed by atoms with Crippen LogP contribution in [0.5, 0.6) is 0 Å².